The van der Waals surface area contributed by atoms with Gasteiger partial charge in [-0.05, 0) is 0 Å². The number of nitrogens with zero attached hydrogens (tertiary/aromatic N) is 2. The zero-order chi connectivity index (χ0) is 7.40. The van der Waals surface area contributed by atoms with Gasteiger partial charge >= 0.3 is 0 Å². The molecule has 0 aliphatic heterocycles. The van der Waals surface area contributed by atoms with Crippen LogP contribution in [0.1, 0.15) is 0 Å². The fraction of sp³-hybridized carbons (Fsp3) is 0.333. The predicted octanol–water partition coefficient (Wildman–Crippen LogP) is 0.560. The average Bonchev–Trinajstić information content (AvgIpc) is 2.05. The molecule has 2 N–H and O–H groups in total. The van der Waals surface area contributed by atoms with Gasteiger partial charge in [0, 0.05) is 20.2 Å². The van der Waals surface area contributed by atoms with Crippen LogP contribution in [0.4, 0.5) is 11.6 Å². The third kappa shape index (κ3) is 1.34. The normalized spacial score (nSPS) is 9.00. The van der Waals surface area contributed by atoms with E-state index in [-0.39, 0.29) is 0 Å². The first-order valence-corrected chi connectivity index (χ1v) is 3.04. The monoisotopic (exact) mass is 138 g/mol. The highest BCUT2D eigenvalue weighted by molar-refractivity contribution is 5.45. The SMILES string of the molecule is CNc1cc(NC)ncn1. The van der Waals surface area contributed by atoms with Gasteiger partial charge in [0.2, 0.25) is 0 Å². The molecule has 0 atom stereocenters. The molecule has 0 aromatic carbocycles. The fourth-order valence-corrected chi connectivity index (χ4v) is 0.631. The van der Waals surface area contributed by atoms with Crippen LogP contribution in [0.3, 0.4) is 0 Å². The van der Waals surface area contributed by atoms with Crippen molar-refractivity contribution in [3.63, 3.8) is 0 Å². The fourth-order valence-electron chi connectivity index (χ4n) is 0.631. The third-order valence-electron chi connectivity index (χ3n) is 1.18. The third-order valence-corrected chi connectivity index (χ3v) is 1.18. The molecule has 54 valence electrons. The second kappa shape index (κ2) is 3.00. The zero-order valence-corrected chi connectivity index (χ0v) is 6.05. The van der Waals surface area contributed by atoms with Gasteiger partial charge in [0.25, 0.3) is 0 Å². The van der Waals surface area contributed by atoms with E-state index in [1.165, 1.54) is 6.33 Å². The van der Waals surface area contributed by atoms with Gasteiger partial charge < -0.3 is 10.6 Å². The Hall–Kier alpha value is -1.32. The summed E-state index contributed by atoms with van der Waals surface area (Å²) in [6, 6.07) is 1.83. The number of rotatable bonds is 2. The molecule has 1 heterocycles. The molecule has 0 amide bonds. The van der Waals surface area contributed by atoms with Gasteiger partial charge in [0.15, 0.2) is 0 Å². The quantitative estimate of drug-likeness (QED) is 0.627. The molecule has 0 fully saturated rings. The van der Waals surface area contributed by atoms with Crippen LogP contribution in [-0.2, 0) is 0 Å². The Morgan fingerprint density at radius 3 is 2.00 bits per heavy atom. The Morgan fingerprint density at radius 2 is 1.60 bits per heavy atom. The van der Waals surface area contributed by atoms with Crippen molar-refractivity contribution < 1.29 is 0 Å². The lowest BCUT2D eigenvalue weighted by Crippen LogP contribution is -1.96. The Bertz CT molecular complexity index is 191. The van der Waals surface area contributed by atoms with Crippen molar-refractivity contribution in [2.24, 2.45) is 0 Å². The van der Waals surface area contributed by atoms with E-state index in [4.69, 9.17) is 0 Å². The number of nitrogens with one attached hydrogen (secondary N) is 2. The first-order valence-electron chi connectivity index (χ1n) is 3.04. The molecule has 0 saturated carbocycles. The summed E-state index contributed by atoms with van der Waals surface area (Å²) in [5.74, 6) is 1.64. The molecule has 0 radical (unpaired) electrons. The van der Waals surface area contributed by atoms with Crippen LogP contribution in [0, 0.1) is 0 Å². The minimum absolute atomic E-state index is 0.819. The summed E-state index contributed by atoms with van der Waals surface area (Å²) in [6.07, 6.45) is 1.51. The number of aromatic nitrogens is 2. The van der Waals surface area contributed by atoms with Gasteiger partial charge in [0.1, 0.15) is 18.0 Å². The molecular weight excluding hydrogens is 128 g/mol. The van der Waals surface area contributed by atoms with Crippen molar-refractivity contribution in [2.45, 2.75) is 0 Å². The molecule has 4 nitrogen and oxygen atoms in total. The van der Waals surface area contributed by atoms with Crippen molar-refractivity contribution in [3.05, 3.63) is 12.4 Å². The Morgan fingerprint density at radius 1 is 1.10 bits per heavy atom. The molecular formula is C6H10N4. The molecule has 0 aliphatic rings. The second-order valence-electron chi connectivity index (χ2n) is 1.79. The van der Waals surface area contributed by atoms with Gasteiger partial charge in [-0.15, -0.1) is 0 Å². The minimum Gasteiger partial charge on any atom is -0.373 e. The number of hydrogen-bond donors (Lipinski definition) is 2. The van der Waals surface area contributed by atoms with E-state index >= 15 is 0 Å². The van der Waals surface area contributed by atoms with Crippen molar-refractivity contribution >= 4 is 11.6 Å². The molecule has 1 aromatic heterocycles. The van der Waals surface area contributed by atoms with Gasteiger partial charge in [-0.25, -0.2) is 9.97 Å². The predicted molar refractivity (Wildman–Crippen MR) is 41.1 cm³/mol. The maximum Gasteiger partial charge on any atom is 0.131 e. The van der Waals surface area contributed by atoms with E-state index < -0.39 is 0 Å². The van der Waals surface area contributed by atoms with Crippen LogP contribution in [0.25, 0.3) is 0 Å². The van der Waals surface area contributed by atoms with Crippen LogP contribution in [0.15, 0.2) is 12.4 Å². The van der Waals surface area contributed by atoms with Gasteiger partial charge in [-0.2, -0.15) is 0 Å². The van der Waals surface area contributed by atoms with Crippen LogP contribution in [-0.4, -0.2) is 24.1 Å². The average molecular weight is 138 g/mol. The van der Waals surface area contributed by atoms with Crippen molar-refractivity contribution in [3.8, 4) is 0 Å². The van der Waals surface area contributed by atoms with Gasteiger partial charge in [-0.1, -0.05) is 0 Å². The van der Waals surface area contributed by atoms with Crippen LogP contribution >= 0.6 is 0 Å². The van der Waals surface area contributed by atoms with E-state index in [1.807, 2.05) is 20.2 Å². The Balaban J connectivity index is 2.87. The summed E-state index contributed by atoms with van der Waals surface area (Å²) in [4.78, 5) is 7.89. The molecule has 1 rings (SSSR count). The smallest absolute Gasteiger partial charge is 0.131 e. The van der Waals surface area contributed by atoms with E-state index in [0.717, 1.165) is 11.6 Å². The number of anilines is 2. The lowest BCUT2D eigenvalue weighted by Gasteiger charge is -2.00. The van der Waals surface area contributed by atoms with E-state index in [2.05, 4.69) is 20.6 Å². The van der Waals surface area contributed by atoms with Gasteiger partial charge in [0.05, 0.1) is 0 Å². The topological polar surface area (TPSA) is 49.8 Å². The maximum absolute atomic E-state index is 3.94. The van der Waals surface area contributed by atoms with Crippen LogP contribution < -0.4 is 10.6 Å². The zero-order valence-electron chi connectivity index (χ0n) is 6.05. The summed E-state index contributed by atoms with van der Waals surface area (Å²) < 4.78 is 0. The Labute approximate surface area is 59.7 Å². The summed E-state index contributed by atoms with van der Waals surface area (Å²) in [5.41, 5.74) is 0. The van der Waals surface area contributed by atoms with Crippen molar-refractivity contribution in [2.75, 3.05) is 24.7 Å². The minimum atomic E-state index is 0.819. The highest BCUT2D eigenvalue weighted by atomic mass is 15.0. The highest BCUT2D eigenvalue weighted by Crippen LogP contribution is 2.05. The Kier molecular flexibility index (Phi) is 2.04. The number of hydrogen-bond acceptors (Lipinski definition) is 4. The van der Waals surface area contributed by atoms with Crippen molar-refractivity contribution in [1.82, 2.24) is 9.97 Å². The van der Waals surface area contributed by atoms with Gasteiger partial charge in [-0.3, -0.25) is 0 Å². The van der Waals surface area contributed by atoms with E-state index in [0.29, 0.717) is 0 Å². The first kappa shape index (κ1) is 6.80. The molecule has 0 bridgehead atoms. The lowest BCUT2D eigenvalue weighted by atomic mass is 10.5. The first-order chi connectivity index (χ1) is 4.86. The highest BCUT2D eigenvalue weighted by Gasteiger charge is 1.91. The molecule has 0 spiro atoms. The maximum atomic E-state index is 3.94. The largest absolute Gasteiger partial charge is 0.373 e. The molecule has 0 aliphatic carbocycles. The molecule has 0 saturated heterocycles. The molecule has 4 heteroatoms. The summed E-state index contributed by atoms with van der Waals surface area (Å²) in [5, 5.41) is 5.82. The molecule has 10 heavy (non-hydrogen) atoms. The summed E-state index contributed by atoms with van der Waals surface area (Å²) in [7, 11) is 3.64. The van der Waals surface area contributed by atoms with Crippen molar-refractivity contribution in [1.29, 1.82) is 0 Å². The lowest BCUT2D eigenvalue weighted by molar-refractivity contribution is 1.15. The van der Waals surface area contributed by atoms with Crippen LogP contribution in [0.5, 0.6) is 0 Å². The molecule has 0 unspecified atom stereocenters. The van der Waals surface area contributed by atoms with E-state index in [9.17, 15) is 0 Å². The second-order valence-corrected chi connectivity index (χ2v) is 1.79. The summed E-state index contributed by atoms with van der Waals surface area (Å²) in [6.45, 7) is 0. The van der Waals surface area contributed by atoms with Crippen LogP contribution in [0.2, 0.25) is 0 Å². The summed E-state index contributed by atoms with van der Waals surface area (Å²) >= 11 is 0. The van der Waals surface area contributed by atoms with E-state index in [1.54, 1.807) is 0 Å². The standard InChI is InChI=1S/C6H10N4/c1-7-5-3-6(8-2)10-4-9-5/h3-4H,1-2H3,(H2,7,8,9,10). The molecule has 1 aromatic rings.